The van der Waals surface area contributed by atoms with Crippen molar-refractivity contribution in [3.8, 4) is 5.69 Å². The summed E-state index contributed by atoms with van der Waals surface area (Å²) in [5, 5.41) is 2.89. The highest BCUT2D eigenvalue weighted by molar-refractivity contribution is 7.69. The third-order valence-corrected chi connectivity index (χ3v) is 11.8. The van der Waals surface area contributed by atoms with Crippen LogP contribution in [0.5, 0.6) is 0 Å². The summed E-state index contributed by atoms with van der Waals surface area (Å²) in [5.74, 6) is 1.14. The van der Waals surface area contributed by atoms with Gasteiger partial charge in [0.1, 0.15) is 0 Å². The van der Waals surface area contributed by atoms with E-state index >= 15 is 4.57 Å². The van der Waals surface area contributed by atoms with Crippen LogP contribution in [0.25, 0.3) is 49.6 Å². The summed E-state index contributed by atoms with van der Waals surface area (Å²) in [5.41, 5.74) is 7.31. The number of hydrogen-bond acceptors (Lipinski definition) is 4. The zero-order chi connectivity index (χ0) is 30.4. The Morgan fingerprint density at radius 3 is 1.65 bits per heavy atom. The van der Waals surface area contributed by atoms with E-state index in [4.69, 9.17) is 9.97 Å². The van der Waals surface area contributed by atoms with Gasteiger partial charge in [-0.1, -0.05) is 84.9 Å². The van der Waals surface area contributed by atoms with Gasteiger partial charge in [0.15, 0.2) is 0 Å². The Balaban J connectivity index is 1.39. The zero-order valence-electron chi connectivity index (χ0n) is 24.5. The number of aromatic nitrogens is 5. The third-order valence-electron chi connectivity index (χ3n) is 9.01. The number of fused-ring (bicyclic) bond motifs is 9. The smallest absolute Gasteiger partial charge is 0.306 e. The molecule has 218 valence electrons. The number of imidazole rings is 2. The average Bonchev–Trinajstić information content (AvgIpc) is 3.80. The first-order valence-corrected chi connectivity index (χ1v) is 16.8. The molecular weight excluding hydrogens is 587 g/mol. The molecule has 0 atom stereocenters. The lowest BCUT2D eigenvalue weighted by Gasteiger charge is -2.35. The van der Waals surface area contributed by atoms with Crippen molar-refractivity contribution < 1.29 is 4.57 Å². The van der Waals surface area contributed by atoms with Gasteiger partial charge in [0.2, 0.25) is 11.9 Å². The molecule has 10 rings (SSSR count). The van der Waals surface area contributed by atoms with E-state index in [0.29, 0.717) is 17.2 Å². The fourth-order valence-electron chi connectivity index (χ4n) is 7.11. The molecule has 9 aromatic rings. The molecule has 0 radical (unpaired) electrons. The van der Waals surface area contributed by atoms with Crippen molar-refractivity contribution in [1.82, 2.24) is 23.2 Å². The standard InChI is InChI=1S/C38H25N6OP/c45-46(27-16-5-2-6-17-27)43-32-22-11-8-19-29(32)39-37(43)42(38-40-30-20-9-12-23-33(30)44(38)46)35-25-13-24-34-36(35)28-18-7-10-21-31(28)41(34)26-14-3-1-4-15-26/h1-25H. The van der Waals surface area contributed by atoms with Gasteiger partial charge in [0.05, 0.1) is 44.1 Å². The second kappa shape index (κ2) is 9.30. The molecule has 0 bridgehead atoms. The Morgan fingerprint density at radius 2 is 1.00 bits per heavy atom. The highest BCUT2D eigenvalue weighted by Gasteiger charge is 2.45. The first-order valence-electron chi connectivity index (χ1n) is 15.2. The van der Waals surface area contributed by atoms with E-state index in [9.17, 15) is 0 Å². The van der Waals surface area contributed by atoms with Crippen LogP contribution in [0.4, 0.5) is 17.6 Å². The second-order valence-electron chi connectivity index (χ2n) is 11.5. The Bertz CT molecular complexity index is 2600. The van der Waals surface area contributed by atoms with Gasteiger partial charge in [0, 0.05) is 16.5 Å². The van der Waals surface area contributed by atoms with Crippen LogP contribution in [-0.2, 0) is 4.57 Å². The molecular formula is C38H25N6OP. The molecule has 1 aliphatic rings. The number of rotatable bonds is 3. The minimum Gasteiger partial charge on any atom is -0.309 e. The van der Waals surface area contributed by atoms with Crippen LogP contribution >= 0.6 is 7.44 Å². The highest BCUT2D eigenvalue weighted by atomic mass is 31.2. The van der Waals surface area contributed by atoms with Gasteiger partial charge < -0.3 is 4.57 Å². The summed E-state index contributed by atoms with van der Waals surface area (Å²) in [7, 11) is -3.59. The lowest BCUT2D eigenvalue weighted by atomic mass is 10.1. The first-order chi connectivity index (χ1) is 22.7. The van der Waals surface area contributed by atoms with Crippen LogP contribution in [0.2, 0.25) is 0 Å². The molecule has 7 nitrogen and oxygen atoms in total. The van der Waals surface area contributed by atoms with E-state index in [-0.39, 0.29) is 0 Å². The van der Waals surface area contributed by atoms with Crippen LogP contribution in [-0.4, -0.2) is 23.2 Å². The van der Waals surface area contributed by atoms with Crippen molar-refractivity contribution in [2.75, 3.05) is 4.90 Å². The number of para-hydroxylation sites is 6. The van der Waals surface area contributed by atoms with Crippen LogP contribution in [0.3, 0.4) is 0 Å². The molecule has 8 heteroatoms. The minimum atomic E-state index is -3.59. The number of hydrogen-bond donors (Lipinski definition) is 0. The first kappa shape index (κ1) is 25.4. The Kier molecular flexibility index (Phi) is 5.14. The normalized spacial score (nSPS) is 13.9. The molecule has 0 aliphatic carbocycles. The summed E-state index contributed by atoms with van der Waals surface area (Å²) in [4.78, 5) is 12.5. The molecule has 0 spiro atoms. The minimum absolute atomic E-state index is 0.570. The van der Waals surface area contributed by atoms with Gasteiger partial charge in [-0.15, -0.1) is 0 Å². The molecule has 1 aliphatic heterocycles. The summed E-state index contributed by atoms with van der Waals surface area (Å²) >= 11 is 0. The van der Waals surface area contributed by atoms with Crippen molar-refractivity contribution in [3.05, 3.63) is 152 Å². The zero-order valence-corrected chi connectivity index (χ0v) is 25.4. The second-order valence-corrected chi connectivity index (χ2v) is 13.9. The fourth-order valence-corrected chi connectivity index (χ4v) is 9.99. The van der Waals surface area contributed by atoms with Gasteiger partial charge in [-0.3, -0.25) is 4.57 Å². The predicted octanol–water partition coefficient (Wildman–Crippen LogP) is 9.18. The van der Waals surface area contributed by atoms with Gasteiger partial charge in [-0.2, -0.15) is 0 Å². The summed E-state index contributed by atoms with van der Waals surface area (Å²) < 4.78 is 22.3. The van der Waals surface area contributed by atoms with E-state index in [1.165, 1.54) is 0 Å². The van der Waals surface area contributed by atoms with Gasteiger partial charge in [0.25, 0.3) is 0 Å². The third kappa shape index (κ3) is 3.24. The van der Waals surface area contributed by atoms with Crippen molar-refractivity contribution in [1.29, 1.82) is 0 Å². The molecule has 0 saturated carbocycles. The van der Waals surface area contributed by atoms with Crippen molar-refractivity contribution in [2.24, 2.45) is 0 Å². The number of anilines is 3. The topological polar surface area (TPSA) is 60.9 Å². The highest BCUT2D eigenvalue weighted by Crippen LogP contribution is 2.61. The molecule has 0 N–H and O–H groups in total. The van der Waals surface area contributed by atoms with E-state index in [1.807, 2.05) is 93.6 Å². The molecule has 0 unspecified atom stereocenters. The Hall–Kier alpha value is -5.91. The van der Waals surface area contributed by atoms with E-state index in [0.717, 1.165) is 55.2 Å². The summed E-state index contributed by atoms with van der Waals surface area (Å²) in [6.45, 7) is 0. The maximum Gasteiger partial charge on any atom is 0.306 e. The van der Waals surface area contributed by atoms with Crippen molar-refractivity contribution in [3.63, 3.8) is 0 Å². The van der Waals surface area contributed by atoms with Crippen LogP contribution in [0, 0.1) is 0 Å². The van der Waals surface area contributed by atoms with Crippen LogP contribution in [0.1, 0.15) is 0 Å². The van der Waals surface area contributed by atoms with E-state index in [2.05, 4.69) is 76.2 Å². The maximum absolute atomic E-state index is 16.1. The monoisotopic (exact) mass is 612 g/mol. The SMILES string of the molecule is O=P1(c2ccccc2)n2c(nc3ccccc32)N(c2cccc3c2c2ccccc2n3-c2ccccc2)c2nc3ccccc3n21. The van der Waals surface area contributed by atoms with Crippen molar-refractivity contribution >= 4 is 74.2 Å². The van der Waals surface area contributed by atoms with Crippen LogP contribution in [0.15, 0.2) is 152 Å². The molecule has 4 heterocycles. The molecule has 0 saturated heterocycles. The lowest BCUT2D eigenvalue weighted by Crippen LogP contribution is -2.29. The summed E-state index contributed by atoms with van der Waals surface area (Å²) in [6, 6.07) is 50.9. The quantitative estimate of drug-likeness (QED) is 0.187. The lowest BCUT2D eigenvalue weighted by molar-refractivity contribution is 0.569. The molecule has 0 amide bonds. The summed E-state index contributed by atoms with van der Waals surface area (Å²) in [6.07, 6.45) is 0. The average molecular weight is 613 g/mol. The molecule has 0 fully saturated rings. The molecule has 46 heavy (non-hydrogen) atoms. The van der Waals surface area contributed by atoms with Gasteiger partial charge >= 0.3 is 7.44 Å². The largest absolute Gasteiger partial charge is 0.309 e. The number of benzene rings is 6. The predicted molar refractivity (Wildman–Crippen MR) is 187 cm³/mol. The van der Waals surface area contributed by atoms with E-state index in [1.54, 1.807) is 0 Å². The van der Waals surface area contributed by atoms with Gasteiger partial charge in [-0.25, -0.2) is 23.5 Å². The van der Waals surface area contributed by atoms with Crippen LogP contribution < -0.4 is 10.2 Å². The maximum atomic E-state index is 16.1. The molecule has 3 aromatic heterocycles. The number of nitrogens with zero attached hydrogens (tertiary/aromatic N) is 6. The van der Waals surface area contributed by atoms with E-state index < -0.39 is 7.44 Å². The Morgan fingerprint density at radius 1 is 0.478 bits per heavy atom. The van der Waals surface area contributed by atoms with Gasteiger partial charge in [-0.05, 0) is 66.7 Å². The van der Waals surface area contributed by atoms with Crippen molar-refractivity contribution in [2.45, 2.75) is 0 Å². The molecule has 6 aromatic carbocycles. The fraction of sp³-hybridized carbons (Fsp3) is 0. The Labute approximate surface area is 263 Å².